The molecule has 0 radical (unpaired) electrons. The molecule has 0 spiro atoms. The van der Waals surface area contributed by atoms with Gasteiger partial charge in [-0.2, -0.15) is 26.3 Å². The molecule has 3 aromatic rings. The van der Waals surface area contributed by atoms with E-state index in [1.165, 1.54) is 6.07 Å². The third-order valence-electron chi connectivity index (χ3n) is 4.34. The zero-order valence-corrected chi connectivity index (χ0v) is 17.0. The number of rotatable bonds is 5. The summed E-state index contributed by atoms with van der Waals surface area (Å²) in [6.45, 7) is 0. The highest BCUT2D eigenvalue weighted by Gasteiger charge is 2.38. The number of carbonyl (C=O) groups is 3. The first kappa shape index (κ1) is 24.0. The number of thiophene rings is 1. The Bertz CT molecular complexity index is 1200. The molecule has 2 aromatic carbocycles. The standard InChI is InChI=1S/C21H12F6N2O3S/c22-20(23,24)12-6-11(7-13(8-12)21(25,26)27)16(30)18(32)29-19-14(17(28)31)9-15(33-19)10-4-2-1-3-5-10/h1-9H,(H2,28,31)(H,29,32). The Balaban J connectivity index is 1.97. The molecule has 0 bridgehead atoms. The van der Waals surface area contributed by atoms with Crippen molar-refractivity contribution in [3.63, 3.8) is 0 Å². The van der Waals surface area contributed by atoms with Crippen LogP contribution in [-0.2, 0) is 17.1 Å². The van der Waals surface area contributed by atoms with Gasteiger partial charge >= 0.3 is 12.4 Å². The van der Waals surface area contributed by atoms with E-state index in [9.17, 15) is 40.7 Å². The second-order valence-electron chi connectivity index (χ2n) is 6.66. The van der Waals surface area contributed by atoms with E-state index < -0.39 is 46.6 Å². The SMILES string of the molecule is NC(=O)c1cc(-c2ccccc2)sc1NC(=O)C(=O)c1cc(C(F)(F)F)cc(C(F)(F)F)c1. The summed E-state index contributed by atoms with van der Waals surface area (Å²) in [6.07, 6.45) is -10.4. The molecular weight excluding hydrogens is 474 g/mol. The highest BCUT2D eigenvalue weighted by Crippen LogP contribution is 2.37. The smallest absolute Gasteiger partial charge is 0.366 e. The zero-order valence-electron chi connectivity index (χ0n) is 16.2. The van der Waals surface area contributed by atoms with Gasteiger partial charge in [0.2, 0.25) is 0 Å². The maximum absolute atomic E-state index is 13.0. The van der Waals surface area contributed by atoms with Gasteiger partial charge in [0, 0.05) is 10.4 Å². The van der Waals surface area contributed by atoms with Crippen LogP contribution in [0.25, 0.3) is 10.4 Å². The summed E-state index contributed by atoms with van der Waals surface area (Å²) in [7, 11) is 0. The fourth-order valence-electron chi connectivity index (χ4n) is 2.79. The number of benzene rings is 2. The molecule has 1 heterocycles. The van der Waals surface area contributed by atoms with Crippen LogP contribution in [0.2, 0.25) is 0 Å². The molecule has 0 unspecified atom stereocenters. The number of primary amides is 1. The molecule has 0 aliphatic carbocycles. The molecule has 3 rings (SSSR count). The lowest BCUT2D eigenvalue weighted by Crippen LogP contribution is -2.25. The molecule has 1 aromatic heterocycles. The summed E-state index contributed by atoms with van der Waals surface area (Å²) in [4.78, 5) is 37.0. The van der Waals surface area contributed by atoms with Crippen molar-refractivity contribution in [2.75, 3.05) is 5.32 Å². The van der Waals surface area contributed by atoms with Crippen LogP contribution < -0.4 is 11.1 Å². The van der Waals surface area contributed by atoms with Gasteiger partial charge in [-0.1, -0.05) is 30.3 Å². The Labute approximate surface area is 185 Å². The van der Waals surface area contributed by atoms with Crippen LogP contribution in [-0.4, -0.2) is 17.6 Å². The van der Waals surface area contributed by atoms with Crippen molar-refractivity contribution < 1.29 is 40.7 Å². The van der Waals surface area contributed by atoms with E-state index in [1.807, 2.05) is 0 Å². The number of anilines is 1. The Morgan fingerprint density at radius 2 is 1.36 bits per heavy atom. The number of alkyl halides is 6. The Morgan fingerprint density at radius 1 is 0.818 bits per heavy atom. The van der Waals surface area contributed by atoms with Crippen LogP contribution in [0.3, 0.4) is 0 Å². The summed E-state index contributed by atoms with van der Waals surface area (Å²) in [5.74, 6) is -4.15. The number of Topliss-reactive ketones (excluding diaryl/α,β-unsaturated/α-hetero) is 1. The predicted molar refractivity (Wildman–Crippen MR) is 108 cm³/mol. The first-order chi connectivity index (χ1) is 15.3. The van der Waals surface area contributed by atoms with E-state index in [4.69, 9.17) is 5.73 Å². The van der Waals surface area contributed by atoms with Crippen LogP contribution in [0.4, 0.5) is 31.3 Å². The topological polar surface area (TPSA) is 89.3 Å². The highest BCUT2D eigenvalue weighted by atomic mass is 32.1. The van der Waals surface area contributed by atoms with Crippen LogP contribution in [0.1, 0.15) is 31.8 Å². The number of hydrogen-bond acceptors (Lipinski definition) is 4. The lowest BCUT2D eigenvalue weighted by Gasteiger charge is -2.13. The van der Waals surface area contributed by atoms with Crippen LogP contribution in [0, 0.1) is 0 Å². The van der Waals surface area contributed by atoms with Crippen molar-refractivity contribution >= 4 is 33.9 Å². The van der Waals surface area contributed by atoms with Crippen LogP contribution >= 0.6 is 11.3 Å². The molecule has 0 aliphatic heterocycles. The third-order valence-corrected chi connectivity index (χ3v) is 5.44. The number of nitrogens with two attached hydrogens (primary N) is 1. The lowest BCUT2D eigenvalue weighted by molar-refractivity contribution is -0.143. The van der Waals surface area contributed by atoms with Crippen molar-refractivity contribution in [1.29, 1.82) is 0 Å². The van der Waals surface area contributed by atoms with E-state index in [2.05, 4.69) is 5.32 Å². The van der Waals surface area contributed by atoms with Gasteiger partial charge in [-0.05, 0) is 29.8 Å². The van der Waals surface area contributed by atoms with Gasteiger partial charge in [0.1, 0.15) is 5.00 Å². The molecular formula is C21H12F6N2O3S. The first-order valence-electron chi connectivity index (χ1n) is 8.91. The monoisotopic (exact) mass is 486 g/mol. The van der Waals surface area contributed by atoms with Crippen molar-refractivity contribution in [1.82, 2.24) is 0 Å². The fraction of sp³-hybridized carbons (Fsp3) is 0.0952. The van der Waals surface area contributed by atoms with Gasteiger partial charge in [-0.25, -0.2) is 0 Å². The van der Waals surface area contributed by atoms with Crippen molar-refractivity contribution in [2.24, 2.45) is 5.73 Å². The molecule has 0 atom stereocenters. The third kappa shape index (κ3) is 5.40. The molecule has 3 N–H and O–H groups in total. The first-order valence-corrected chi connectivity index (χ1v) is 9.73. The molecule has 5 nitrogen and oxygen atoms in total. The average molecular weight is 486 g/mol. The van der Waals surface area contributed by atoms with E-state index >= 15 is 0 Å². The quantitative estimate of drug-likeness (QED) is 0.289. The number of carbonyl (C=O) groups excluding carboxylic acids is 3. The van der Waals surface area contributed by atoms with Gasteiger partial charge in [-0.15, -0.1) is 11.3 Å². The lowest BCUT2D eigenvalue weighted by atomic mass is 10.0. The van der Waals surface area contributed by atoms with Gasteiger partial charge < -0.3 is 11.1 Å². The summed E-state index contributed by atoms with van der Waals surface area (Å²) < 4.78 is 78.1. The Kier molecular flexibility index (Phi) is 6.32. The minimum absolute atomic E-state index is 0.149. The summed E-state index contributed by atoms with van der Waals surface area (Å²) >= 11 is 0.852. The predicted octanol–water partition coefficient (Wildman–Crippen LogP) is 5.37. The maximum Gasteiger partial charge on any atom is 0.416 e. The molecule has 2 amide bonds. The molecule has 33 heavy (non-hydrogen) atoms. The number of ketones is 1. The van der Waals surface area contributed by atoms with Gasteiger partial charge in [-0.3, -0.25) is 14.4 Å². The van der Waals surface area contributed by atoms with Gasteiger partial charge in [0.25, 0.3) is 17.6 Å². The normalized spacial score (nSPS) is 11.8. The van der Waals surface area contributed by atoms with Crippen molar-refractivity contribution in [2.45, 2.75) is 12.4 Å². The largest absolute Gasteiger partial charge is 0.416 e. The van der Waals surface area contributed by atoms with Crippen molar-refractivity contribution in [3.8, 4) is 10.4 Å². The minimum Gasteiger partial charge on any atom is -0.366 e. The van der Waals surface area contributed by atoms with E-state index in [-0.39, 0.29) is 28.8 Å². The van der Waals surface area contributed by atoms with Crippen molar-refractivity contribution in [3.05, 3.63) is 76.9 Å². The number of hydrogen-bond donors (Lipinski definition) is 2. The molecule has 12 heteroatoms. The summed E-state index contributed by atoms with van der Waals surface area (Å²) in [6, 6.07) is 9.99. The molecule has 172 valence electrons. The molecule has 0 saturated heterocycles. The van der Waals surface area contributed by atoms with E-state index in [0.29, 0.717) is 10.4 Å². The molecule has 0 saturated carbocycles. The Morgan fingerprint density at radius 3 is 1.85 bits per heavy atom. The summed E-state index contributed by atoms with van der Waals surface area (Å²) in [5.41, 5.74) is 1.15. The maximum atomic E-state index is 13.0. The highest BCUT2D eigenvalue weighted by molar-refractivity contribution is 7.20. The van der Waals surface area contributed by atoms with Crippen LogP contribution in [0.5, 0.6) is 0 Å². The van der Waals surface area contributed by atoms with E-state index in [0.717, 1.165) is 11.3 Å². The molecule has 0 aliphatic rings. The van der Waals surface area contributed by atoms with Crippen LogP contribution in [0.15, 0.2) is 54.6 Å². The second-order valence-corrected chi connectivity index (χ2v) is 7.71. The Hall–Kier alpha value is -3.67. The number of halogens is 6. The van der Waals surface area contributed by atoms with E-state index in [1.54, 1.807) is 30.3 Å². The molecule has 0 fully saturated rings. The summed E-state index contributed by atoms with van der Waals surface area (Å²) in [5, 5.41) is 1.89. The number of nitrogens with one attached hydrogen (secondary N) is 1. The second kappa shape index (κ2) is 8.70. The number of amides is 2. The zero-order chi connectivity index (χ0) is 24.6. The minimum atomic E-state index is -5.19. The van der Waals surface area contributed by atoms with Gasteiger partial charge in [0.05, 0.1) is 16.7 Å². The van der Waals surface area contributed by atoms with Gasteiger partial charge in [0.15, 0.2) is 0 Å². The average Bonchev–Trinajstić information content (AvgIpc) is 3.16. The fourth-order valence-corrected chi connectivity index (χ4v) is 3.85.